The molecule has 0 spiro atoms. The highest BCUT2D eigenvalue weighted by atomic mass is 16.3. The molecule has 2 saturated heterocycles. The Bertz CT molecular complexity index is 431. The van der Waals surface area contributed by atoms with Crippen molar-refractivity contribution in [3.05, 3.63) is 23.7 Å². The van der Waals surface area contributed by atoms with Crippen LogP contribution in [0.15, 0.2) is 16.7 Å². The van der Waals surface area contributed by atoms with Gasteiger partial charge in [-0.15, -0.1) is 0 Å². The highest BCUT2D eigenvalue weighted by Crippen LogP contribution is 2.22. The molecule has 0 radical (unpaired) electrons. The van der Waals surface area contributed by atoms with E-state index in [1.165, 1.54) is 57.4 Å². The Hall–Kier alpha value is -0.840. The summed E-state index contributed by atoms with van der Waals surface area (Å²) in [6.45, 7) is 10.2. The maximum atomic E-state index is 5.75. The molecule has 0 amide bonds. The zero-order valence-corrected chi connectivity index (χ0v) is 13.3. The number of hydrogen-bond acceptors (Lipinski definition) is 4. The number of furan rings is 1. The van der Waals surface area contributed by atoms with E-state index >= 15 is 0 Å². The van der Waals surface area contributed by atoms with Gasteiger partial charge >= 0.3 is 0 Å². The molecule has 4 heteroatoms. The van der Waals surface area contributed by atoms with Gasteiger partial charge in [-0.3, -0.25) is 9.80 Å². The van der Waals surface area contributed by atoms with Crippen molar-refractivity contribution in [2.45, 2.75) is 51.7 Å². The van der Waals surface area contributed by atoms with Crippen LogP contribution in [-0.2, 0) is 13.1 Å². The largest absolute Gasteiger partial charge is 0.468 e. The molecule has 0 saturated carbocycles. The zero-order valence-electron chi connectivity index (χ0n) is 13.3. The smallest absolute Gasteiger partial charge is 0.118 e. The molecular formula is C17H29N3O. The summed E-state index contributed by atoms with van der Waals surface area (Å²) in [4.78, 5) is 5.26. The quantitative estimate of drug-likeness (QED) is 0.816. The Morgan fingerprint density at radius 2 is 2.19 bits per heavy atom. The Kier molecular flexibility index (Phi) is 5.33. The van der Waals surface area contributed by atoms with Gasteiger partial charge in [0.15, 0.2) is 0 Å². The molecular weight excluding hydrogens is 262 g/mol. The molecule has 1 aromatic heterocycles. The van der Waals surface area contributed by atoms with Crippen LogP contribution in [0.25, 0.3) is 0 Å². The van der Waals surface area contributed by atoms with Gasteiger partial charge in [0.1, 0.15) is 5.76 Å². The van der Waals surface area contributed by atoms with E-state index in [9.17, 15) is 0 Å². The molecule has 1 aromatic rings. The third-order valence-electron chi connectivity index (χ3n) is 4.73. The fourth-order valence-corrected chi connectivity index (χ4v) is 3.66. The summed E-state index contributed by atoms with van der Waals surface area (Å²) in [7, 11) is 0. The SMILES string of the molecule is CCCNCc1coc(CN2CCCN3CCCC3C2)c1. The lowest BCUT2D eigenvalue weighted by Crippen LogP contribution is -2.36. The van der Waals surface area contributed by atoms with Crippen LogP contribution in [0.3, 0.4) is 0 Å². The second kappa shape index (κ2) is 7.43. The number of rotatable bonds is 6. The van der Waals surface area contributed by atoms with Crippen molar-refractivity contribution >= 4 is 0 Å². The molecule has 0 aliphatic carbocycles. The lowest BCUT2D eigenvalue weighted by Gasteiger charge is -2.24. The first kappa shape index (κ1) is 15.1. The van der Waals surface area contributed by atoms with Gasteiger partial charge in [-0.25, -0.2) is 0 Å². The molecule has 2 aliphatic rings. The van der Waals surface area contributed by atoms with Gasteiger partial charge in [-0.2, -0.15) is 0 Å². The normalized spacial score (nSPS) is 24.1. The molecule has 1 atom stereocenters. The van der Waals surface area contributed by atoms with Crippen molar-refractivity contribution in [1.82, 2.24) is 15.1 Å². The van der Waals surface area contributed by atoms with Crippen molar-refractivity contribution in [2.75, 3.05) is 32.7 Å². The van der Waals surface area contributed by atoms with E-state index in [4.69, 9.17) is 4.42 Å². The molecule has 0 aromatic carbocycles. The minimum absolute atomic E-state index is 0.785. The number of fused-ring (bicyclic) bond motifs is 1. The molecule has 21 heavy (non-hydrogen) atoms. The number of hydrogen-bond donors (Lipinski definition) is 1. The van der Waals surface area contributed by atoms with Gasteiger partial charge in [0.2, 0.25) is 0 Å². The van der Waals surface area contributed by atoms with Crippen LogP contribution in [0, 0.1) is 0 Å². The minimum atomic E-state index is 0.785. The van der Waals surface area contributed by atoms with Crippen molar-refractivity contribution < 1.29 is 4.42 Å². The van der Waals surface area contributed by atoms with E-state index in [2.05, 4.69) is 28.1 Å². The molecule has 1 unspecified atom stereocenters. The molecule has 4 nitrogen and oxygen atoms in total. The van der Waals surface area contributed by atoms with E-state index < -0.39 is 0 Å². The van der Waals surface area contributed by atoms with Crippen LogP contribution in [0.5, 0.6) is 0 Å². The average molecular weight is 291 g/mol. The lowest BCUT2D eigenvalue weighted by molar-refractivity contribution is 0.205. The summed E-state index contributed by atoms with van der Waals surface area (Å²) in [6, 6.07) is 3.01. The van der Waals surface area contributed by atoms with Crippen LogP contribution in [-0.4, -0.2) is 48.6 Å². The van der Waals surface area contributed by atoms with E-state index in [-0.39, 0.29) is 0 Å². The van der Waals surface area contributed by atoms with Gasteiger partial charge < -0.3 is 9.73 Å². The number of nitrogens with zero attached hydrogens (tertiary/aromatic N) is 2. The van der Waals surface area contributed by atoms with E-state index in [1.807, 2.05) is 6.26 Å². The van der Waals surface area contributed by atoms with E-state index in [0.29, 0.717) is 0 Å². The summed E-state index contributed by atoms with van der Waals surface area (Å²) >= 11 is 0. The summed E-state index contributed by atoms with van der Waals surface area (Å²) < 4.78 is 5.75. The predicted molar refractivity (Wildman–Crippen MR) is 85.2 cm³/mol. The van der Waals surface area contributed by atoms with Crippen LogP contribution < -0.4 is 5.32 Å². The summed E-state index contributed by atoms with van der Waals surface area (Å²) in [6.07, 6.45) is 7.14. The van der Waals surface area contributed by atoms with Crippen molar-refractivity contribution in [2.24, 2.45) is 0 Å². The standard InChI is InChI=1S/C17H29N3O/c1-2-6-18-11-15-10-17(21-14-15)13-19-7-4-9-20-8-3-5-16(20)12-19/h10,14,16,18H,2-9,11-13H2,1H3. The summed E-state index contributed by atoms with van der Waals surface area (Å²) in [5, 5.41) is 3.43. The number of nitrogens with one attached hydrogen (secondary N) is 1. The molecule has 3 rings (SSSR count). The molecule has 2 fully saturated rings. The summed E-state index contributed by atoms with van der Waals surface area (Å²) in [5.41, 5.74) is 1.27. The molecule has 2 aliphatic heterocycles. The van der Waals surface area contributed by atoms with Gasteiger partial charge in [0.25, 0.3) is 0 Å². The fraction of sp³-hybridized carbons (Fsp3) is 0.765. The van der Waals surface area contributed by atoms with Gasteiger partial charge in [-0.1, -0.05) is 6.92 Å². The second-order valence-electron chi connectivity index (χ2n) is 6.52. The Labute approximate surface area is 128 Å². The van der Waals surface area contributed by atoms with Crippen LogP contribution in [0.1, 0.15) is 43.9 Å². The topological polar surface area (TPSA) is 31.7 Å². The van der Waals surface area contributed by atoms with Gasteiger partial charge in [0.05, 0.1) is 12.8 Å². The van der Waals surface area contributed by atoms with Crippen LogP contribution in [0.2, 0.25) is 0 Å². The first-order valence-corrected chi connectivity index (χ1v) is 8.58. The van der Waals surface area contributed by atoms with E-state index in [1.54, 1.807) is 0 Å². The first-order chi connectivity index (χ1) is 10.3. The molecule has 0 bridgehead atoms. The van der Waals surface area contributed by atoms with Crippen molar-refractivity contribution in [3.63, 3.8) is 0 Å². The van der Waals surface area contributed by atoms with Crippen LogP contribution >= 0.6 is 0 Å². The van der Waals surface area contributed by atoms with E-state index in [0.717, 1.165) is 31.4 Å². The highest BCUT2D eigenvalue weighted by molar-refractivity contribution is 5.12. The Morgan fingerprint density at radius 1 is 1.29 bits per heavy atom. The zero-order chi connectivity index (χ0) is 14.5. The van der Waals surface area contributed by atoms with Gasteiger partial charge in [-0.05, 0) is 57.9 Å². The average Bonchev–Trinajstić information content (AvgIpc) is 3.06. The Balaban J connectivity index is 1.51. The molecule has 3 heterocycles. The van der Waals surface area contributed by atoms with Crippen molar-refractivity contribution in [3.8, 4) is 0 Å². The summed E-state index contributed by atoms with van der Waals surface area (Å²) in [5.74, 6) is 1.12. The second-order valence-corrected chi connectivity index (χ2v) is 6.52. The maximum absolute atomic E-state index is 5.75. The molecule has 1 N–H and O–H groups in total. The lowest BCUT2D eigenvalue weighted by atomic mass is 10.2. The minimum Gasteiger partial charge on any atom is -0.468 e. The van der Waals surface area contributed by atoms with Crippen LogP contribution in [0.4, 0.5) is 0 Å². The monoisotopic (exact) mass is 291 g/mol. The Morgan fingerprint density at radius 3 is 3.10 bits per heavy atom. The van der Waals surface area contributed by atoms with Gasteiger partial charge in [0, 0.05) is 24.7 Å². The third kappa shape index (κ3) is 4.09. The fourth-order valence-electron chi connectivity index (χ4n) is 3.66. The van der Waals surface area contributed by atoms with Crippen molar-refractivity contribution in [1.29, 1.82) is 0 Å². The maximum Gasteiger partial charge on any atom is 0.118 e. The third-order valence-corrected chi connectivity index (χ3v) is 4.73. The first-order valence-electron chi connectivity index (χ1n) is 8.58. The predicted octanol–water partition coefficient (Wildman–Crippen LogP) is 2.45. The molecule has 118 valence electrons. The highest BCUT2D eigenvalue weighted by Gasteiger charge is 2.28.